The van der Waals surface area contributed by atoms with Crippen molar-refractivity contribution < 1.29 is 5.11 Å². The van der Waals surface area contributed by atoms with Crippen LogP contribution in [0.5, 0.6) is 0 Å². The first kappa shape index (κ1) is 11.4. The summed E-state index contributed by atoms with van der Waals surface area (Å²) in [4.78, 5) is 0. The molecule has 70 valence electrons. The molecule has 0 amide bonds. The van der Waals surface area contributed by atoms with Crippen molar-refractivity contribution in [1.82, 2.24) is 5.32 Å². The molecule has 0 aromatic rings. The predicted molar refractivity (Wildman–Crippen MR) is 53.1 cm³/mol. The highest BCUT2D eigenvalue weighted by Crippen LogP contribution is 2.01. The molecule has 0 spiro atoms. The van der Waals surface area contributed by atoms with E-state index in [4.69, 9.17) is 0 Å². The van der Waals surface area contributed by atoms with Crippen molar-refractivity contribution in [3.8, 4) is 0 Å². The summed E-state index contributed by atoms with van der Waals surface area (Å²) in [5, 5.41) is 12.4. The van der Waals surface area contributed by atoms with Gasteiger partial charge in [0.15, 0.2) is 0 Å². The molecular weight excluding hydrogens is 150 g/mol. The van der Waals surface area contributed by atoms with E-state index in [1.807, 2.05) is 19.2 Å². The second kappa shape index (κ2) is 8.50. The van der Waals surface area contributed by atoms with E-state index in [9.17, 15) is 5.11 Å². The van der Waals surface area contributed by atoms with E-state index in [1.54, 1.807) is 6.08 Å². The second-order valence-electron chi connectivity index (χ2n) is 2.80. The van der Waals surface area contributed by atoms with Gasteiger partial charge in [-0.3, -0.25) is 0 Å². The molecule has 12 heavy (non-hydrogen) atoms. The number of nitrogens with one attached hydrogen (secondary N) is 1. The summed E-state index contributed by atoms with van der Waals surface area (Å²) in [6.45, 7) is 4.53. The third kappa shape index (κ3) is 7.51. The summed E-state index contributed by atoms with van der Waals surface area (Å²) in [5.74, 6) is 0. The van der Waals surface area contributed by atoms with E-state index in [2.05, 4.69) is 11.9 Å². The number of aliphatic hydroxyl groups is 1. The SMILES string of the molecule is C=C/C=C\CC(O)CCCNC. The minimum Gasteiger partial charge on any atom is -0.393 e. The van der Waals surface area contributed by atoms with Gasteiger partial charge in [0.1, 0.15) is 0 Å². The maximum atomic E-state index is 9.39. The van der Waals surface area contributed by atoms with E-state index < -0.39 is 0 Å². The number of hydrogen-bond acceptors (Lipinski definition) is 2. The lowest BCUT2D eigenvalue weighted by molar-refractivity contribution is 0.165. The highest BCUT2D eigenvalue weighted by molar-refractivity contribution is 4.97. The van der Waals surface area contributed by atoms with E-state index >= 15 is 0 Å². The van der Waals surface area contributed by atoms with Crippen LogP contribution in [0.15, 0.2) is 24.8 Å². The summed E-state index contributed by atoms with van der Waals surface area (Å²) >= 11 is 0. The Labute approximate surface area is 75.0 Å². The van der Waals surface area contributed by atoms with Crippen LogP contribution in [0.2, 0.25) is 0 Å². The fourth-order valence-electron chi connectivity index (χ4n) is 0.964. The maximum Gasteiger partial charge on any atom is 0.0575 e. The Hall–Kier alpha value is -0.600. The van der Waals surface area contributed by atoms with Gasteiger partial charge >= 0.3 is 0 Å². The fraction of sp³-hybridized carbons (Fsp3) is 0.600. The molecule has 0 rings (SSSR count). The highest BCUT2D eigenvalue weighted by Gasteiger charge is 1.99. The van der Waals surface area contributed by atoms with Gasteiger partial charge in [-0.2, -0.15) is 0 Å². The first-order valence-corrected chi connectivity index (χ1v) is 4.41. The molecule has 0 aromatic carbocycles. The van der Waals surface area contributed by atoms with Crippen LogP contribution in [0.1, 0.15) is 19.3 Å². The molecule has 0 saturated carbocycles. The molecule has 0 radical (unpaired) electrons. The van der Waals surface area contributed by atoms with Crippen LogP contribution >= 0.6 is 0 Å². The molecule has 2 nitrogen and oxygen atoms in total. The predicted octanol–water partition coefficient (Wildman–Crippen LogP) is 1.48. The lowest BCUT2D eigenvalue weighted by atomic mass is 10.1. The zero-order valence-electron chi connectivity index (χ0n) is 7.79. The molecule has 0 fully saturated rings. The van der Waals surface area contributed by atoms with Gasteiger partial charge in [-0.25, -0.2) is 0 Å². The first-order chi connectivity index (χ1) is 5.81. The lowest BCUT2D eigenvalue weighted by Gasteiger charge is -2.06. The molecule has 0 heterocycles. The summed E-state index contributed by atoms with van der Waals surface area (Å²) in [7, 11) is 1.92. The van der Waals surface area contributed by atoms with Gasteiger partial charge in [0, 0.05) is 0 Å². The van der Waals surface area contributed by atoms with Gasteiger partial charge in [-0.15, -0.1) is 0 Å². The molecule has 0 saturated heterocycles. The fourth-order valence-corrected chi connectivity index (χ4v) is 0.964. The number of rotatable bonds is 7. The monoisotopic (exact) mass is 169 g/mol. The molecule has 2 N–H and O–H groups in total. The van der Waals surface area contributed by atoms with E-state index in [-0.39, 0.29) is 6.10 Å². The maximum absolute atomic E-state index is 9.39. The van der Waals surface area contributed by atoms with Crippen molar-refractivity contribution in [1.29, 1.82) is 0 Å². The summed E-state index contributed by atoms with van der Waals surface area (Å²) in [5.41, 5.74) is 0. The Kier molecular flexibility index (Phi) is 8.07. The van der Waals surface area contributed by atoms with Crippen molar-refractivity contribution in [3.63, 3.8) is 0 Å². The van der Waals surface area contributed by atoms with Gasteiger partial charge in [-0.05, 0) is 32.9 Å². The summed E-state index contributed by atoms with van der Waals surface area (Å²) in [6.07, 6.45) is 7.95. The molecule has 0 aliphatic carbocycles. The van der Waals surface area contributed by atoms with Gasteiger partial charge in [0.2, 0.25) is 0 Å². The Morgan fingerprint density at radius 3 is 2.92 bits per heavy atom. The first-order valence-electron chi connectivity index (χ1n) is 4.41. The van der Waals surface area contributed by atoms with Crippen LogP contribution < -0.4 is 5.32 Å². The highest BCUT2D eigenvalue weighted by atomic mass is 16.3. The molecular formula is C10H19NO. The summed E-state index contributed by atoms with van der Waals surface area (Å²) < 4.78 is 0. The zero-order chi connectivity index (χ0) is 9.23. The van der Waals surface area contributed by atoms with Crippen LogP contribution in [0.4, 0.5) is 0 Å². The third-order valence-electron chi connectivity index (χ3n) is 1.64. The van der Waals surface area contributed by atoms with Gasteiger partial charge in [0.25, 0.3) is 0 Å². The molecule has 0 aliphatic rings. The number of aliphatic hydroxyl groups excluding tert-OH is 1. The molecule has 0 bridgehead atoms. The van der Waals surface area contributed by atoms with E-state index in [0.717, 1.165) is 25.8 Å². The normalized spacial score (nSPS) is 13.5. The van der Waals surface area contributed by atoms with Gasteiger partial charge in [0.05, 0.1) is 6.10 Å². The molecule has 0 aromatic heterocycles. The molecule has 2 heteroatoms. The Morgan fingerprint density at radius 2 is 2.33 bits per heavy atom. The van der Waals surface area contributed by atoms with Crippen molar-refractivity contribution in [2.24, 2.45) is 0 Å². The van der Waals surface area contributed by atoms with Gasteiger partial charge < -0.3 is 10.4 Å². The average molecular weight is 169 g/mol. The van der Waals surface area contributed by atoms with Crippen LogP contribution in [0.25, 0.3) is 0 Å². The Morgan fingerprint density at radius 1 is 1.58 bits per heavy atom. The average Bonchev–Trinajstić information content (AvgIpc) is 2.06. The Balaban J connectivity index is 3.26. The zero-order valence-corrected chi connectivity index (χ0v) is 7.79. The quantitative estimate of drug-likeness (QED) is 0.447. The van der Waals surface area contributed by atoms with Crippen LogP contribution in [0.3, 0.4) is 0 Å². The second-order valence-corrected chi connectivity index (χ2v) is 2.80. The molecule has 0 aliphatic heterocycles. The third-order valence-corrected chi connectivity index (χ3v) is 1.64. The van der Waals surface area contributed by atoms with Crippen LogP contribution in [-0.4, -0.2) is 24.8 Å². The topological polar surface area (TPSA) is 32.3 Å². The van der Waals surface area contributed by atoms with Crippen molar-refractivity contribution in [2.45, 2.75) is 25.4 Å². The minimum atomic E-state index is -0.199. The van der Waals surface area contributed by atoms with Gasteiger partial charge in [-0.1, -0.05) is 24.8 Å². The minimum absolute atomic E-state index is 0.199. The largest absolute Gasteiger partial charge is 0.393 e. The Bertz CT molecular complexity index is 132. The van der Waals surface area contributed by atoms with Crippen LogP contribution in [0, 0.1) is 0 Å². The van der Waals surface area contributed by atoms with Crippen molar-refractivity contribution in [3.05, 3.63) is 24.8 Å². The van der Waals surface area contributed by atoms with E-state index in [0.29, 0.717) is 0 Å². The van der Waals surface area contributed by atoms with Crippen molar-refractivity contribution in [2.75, 3.05) is 13.6 Å². The molecule has 1 unspecified atom stereocenters. The van der Waals surface area contributed by atoms with E-state index in [1.165, 1.54) is 0 Å². The lowest BCUT2D eigenvalue weighted by Crippen LogP contribution is -2.12. The standard InChI is InChI=1S/C10H19NO/c1-3-4-5-7-10(12)8-6-9-11-2/h3-5,10-12H,1,6-9H2,2H3/b5-4-. The smallest absolute Gasteiger partial charge is 0.0575 e. The number of hydrogen-bond donors (Lipinski definition) is 2. The van der Waals surface area contributed by atoms with Crippen molar-refractivity contribution >= 4 is 0 Å². The van der Waals surface area contributed by atoms with Crippen LogP contribution in [-0.2, 0) is 0 Å². The number of allylic oxidation sites excluding steroid dienone is 2. The summed E-state index contributed by atoms with van der Waals surface area (Å²) in [6, 6.07) is 0. The molecule has 1 atom stereocenters.